The van der Waals surface area contributed by atoms with E-state index in [-0.39, 0.29) is 69.1 Å². The minimum Gasteiger partial charge on any atom is -0.480 e. The van der Waals surface area contributed by atoms with E-state index in [0.717, 1.165) is 80.7 Å². The van der Waals surface area contributed by atoms with Crippen molar-refractivity contribution in [2.45, 2.75) is 275 Å². The number of nitrogens with zero attached hydrogens (tertiary/aromatic N) is 1. The molecule has 4 rings (SSSR count). The van der Waals surface area contributed by atoms with Crippen LogP contribution in [-0.4, -0.2) is 211 Å². The van der Waals surface area contributed by atoms with E-state index in [9.17, 15) is 92.3 Å². The number of aliphatic hydroxyl groups is 3. The standard InChI is InChI=1S/C76H116N14O19/c1-44(2)36-55(70(102)84-57(40-62(78)96)69(101)81-51(42-91)38-49-26-19-18-20-27-49)85-75(107)66(48(7)94)89-72(104)59(43-92)82-63(97)31-21-16-14-12-10-8-9-11-13-15-17-22-32-64(98)90-35-25-30-60(90)73(105)83-54(33-34-61(77)95)68(100)80-46(5)67(99)88-65(47(6)93)74(106)86-56(37-45(3)4)71(103)87-58(76(108)109)39-50-41-79-53-29-24-23-28-52(50)53/h18-20,23-24,26-29,41-42,44-48,51,54-60,65-66,79,92-94H,8-17,21-22,25,30-40,43H2,1-7H3,(H2,77,95)(H2,78,96)(H,80,100)(H,81,101)(H,82,97)(H,83,105)(H,84,102)(H,85,107)(H,86,106)(H,87,103)(H,88,99)(H,89,104)(H,108,109)/t46-,47+,48?,51-,54-,55-,56-,57-,58-,59-,60-,65-,66-/m0/s1. The quantitative estimate of drug-likeness (QED) is 0.0271. The number of nitrogens with one attached hydrogen (secondary N) is 11. The first-order chi connectivity index (χ1) is 51.7. The number of carboxylic acid groups (broad SMARTS) is 1. The Labute approximate surface area is 636 Å². The Morgan fingerprint density at radius 1 is 0.514 bits per heavy atom. The predicted octanol–water partition coefficient (Wildman–Crippen LogP) is 0.544. The average Bonchev–Trinajstić information content (AvgIpc) is 1.76. The van der Waals surface area contributed by atoms with Gasteiger partial charge in [-0.2, -0.15) is 0 Å². The molecule has 13 amide bonds. The van der Waals surface area contributed by atoms with Gasteiger partial charge in [0.15, 0.2) is 0 Å². The van der Waals surface area contributed by atoms with E-state index in [4.69, 9.17) is 11.5 Å². The Bertz CT molecular complexity index is 3520. The number of aldehydes is 1. The van der Waals surface area contributed by atoms with Crippen LogP contribution in [0.2, 0.25) is 0 Å². The summed E-state index contributed by atoms with van der Waals surface area (Å²) in [5, 5.41) is 67.0. The fourth-order valence-electron chi connectivity index (χ4n) is 12.7. The van der Waals surface area contributed by atoms with Crippen molar-refractivity contribution in [3.8, 4) is 0 Å². The molecule has 1 aliphatic heterocycles. The number of primary amides is 2. The van der Waals surface area contributed by atoms with Crippen molar-refractivity contribution < 1.29 is 92.3 Å². The normalized spacial score (nSPS) is 16.0. The number of H-pyrrole nitrogens is 1. The number of aliphatic hydroxyl groups excluding tert-OH is 3. The number of benzene rings is 2. The van der Waals surface area contributed by atoms with Gasteiger partial charge < -0.3 is 99.7 Å². The second-order valence-corrected chi connectivity index (χ2v) is 29.1. The number of carbonyl (C=O) groups excluding carboxylic acids is 14. The fourth-order valence-corrected chi connectivity index (χ4v) is 12.7. The van der Waals surface area contributed by atoms with Gasteiger partial charge in [-0.1, -0.05) is 140 Å². The van der Waals surface area contributed by atoms with Crippen molar-refractivity contribution in [1.82, 2.24) is 63.1 Å². The highest BCUT2D eigenvalue weighted by Gasteiger charge is 2.39. The molecule has 1 unspecified atom stereocenters. The van der Waals surface area contributed by atoms with Crippen LogP contribution in [0.4, 0.5) is 0 Å². The summed E-state index contributed by atoms with van der Waals surface area (Å²) in [6, 6.07) is 0.924. The Morgan fingerprint density at radius 3 is 1.51 bits per heavy atom. The number of aromatic amines is 1. The first kappa shape index (κ1) is 91.5. The number of hydrogen-bond donors (Lipinski definition) is 17. The number of unbranched alkanes of at least 4 members (excludes halogenated alkanes) is 11. The number of likely N-dealkylation sites (tertiary alicyclic amines) is 1. The summed E-state index contributed by atoms with van der Waals surface area (Å²) in [5.74, 6) is -12.2. The van der Waals surface area contributed by atoms with E-state index in [1.165, 1.54) is 25.7 Å². The summed E-state index contributed by atoms with van der Waals surface area (Å²) < 4.78 is 0. The van der Waals surface area contributed by atoms with Gasteiger partial charge in [0.2, 0.25) is 76.8 Å². The van der Waals surface area contributed by atoms with Crippen LogP contribution in [-0.2, 0) is 84.8 Å². The molecule has 33 heteroatoms. The molecule has 19 N–H and O–H groups in total. The fraction of sp³-hybridized carbons (Fsp3) is 0.618. The van der Waals surface area contributed by atoms with Gasteiger partial charge >= 0.3 is 5.97 Å². The Morgan fingerprint density at radius 2 is 1.00 bits per heavy atom. The van der Waals surface area contributed by atoms with Crippen molar-refractivity contribution in [2.75, 3.05) is 13.2 Å². The van der Waals surface area contributed by atoms with Crippen LogP contribution in [0.5, 0.6) is 0 Å². The molecular weight excluding hydrogens is 1410 g/mol. The Kier molecular flexibility index (Phi) is 40.1. The van der Waals surface area contributed by atoms with Gasteiger partial charge in [-0.15, -0.1) is 0 Å². The molecule has 0 aliphatic carbocycles. The zero-order valence-corrected chi connectivity index (χ0v) is 63.7. The molecule has 2 aromatic carbocycles. The molecule has 13 atom stereocenters. The summed E-state index contributed by atoms with van der Waals surface area (Å²) in [6.45, 7) is 10.2. The van der Waals surface area contributed by atoms with Crippen LogP contribution in [0.15, 0.2) is 60.8 Å². The van der Waals surface area contributed by atoms with Crippen molar-refractivity contribution in [3.05, 3.63) is 71.9 Å². The number of fused-ring (bicyclic) bond motifs is 1. The number of hydrogen-bond acceptors (Lipinski definition) is 18. The lowest BCUT2D eigenvalue weighted by Crippen LogP contribution is -2.61. The van der Waals surface area contributed by atoms with Crippen LogP contribution < -0.4 is 64.6 Å². The molecular formula is C76H116N14O19. The van der Waals surface area contributed by atoms with Gasteiger partial charge in [0.1, 0.15) is 66.7 Å². The van der Waals surface area contributed by atoms with Gasteiger partial charge in [0.25, 0.3) is 0 Å². The summed E-state index contributed by atoms with van der Waals surface area (Å²) in [5.41, 5.74) is 13.0. The maximum absolute atomic E-state index is 13.8. The molecule has 0 spiro atoms. The van der Waals surface area contributed by atoms with Crippen LogP contribution in [0.1, 0.15) is 194 Å². The third-order valence-corrected chi connectivity index (χ3v) is 18.7. The van der Waals surface area contributed by atoms with Gasteiger partial charge in [0, 0.05) is 49.3 Å². The molecule has 109 heavy (non-hydrogen) atoms. The lowest BCUT2D eigenvalue weighted by Gasteiger charge is -2.28. The molecule has 1 saturated heterocycles. The molecule has 2 heterocycles. The number of rotatable bonds is 52. The van der Waals surface area contributed by atoms with Gasteiger partial charge in [0.05, 0.1) is 31.3 Å². The highest BCUT2D eigenvalue weighted by Crippen LogP contribution is 2.23. The first-order valence-corrected chi connectivity index (χ1v) is 37.9. The molecule has 33 nitrogen and oxygen atoms in total. The number of aliphatic carboxylic acids is 1. The van der Waals surface area contributed by atoms with Crippen molar-refractivity contribution in [1.29, 1.82) is 0 Å². The zero-order chi connectivity index (χ0) is 80.9. The minimum atomic E-state index is -1.67. The van der Waals surface area contributed by atoms with Crippen LogP contribution >= 0.6 is 0 Å². The van der Waals surface area contributed by atoms with Crippen molar-refractivity contribution >= 4 is 100.0 Å². The lowest BCUT2D eigenvalue weighted by atomic mass is 10.0. The van der Waals surface area contributed by atoms with Crippen LogP contribution in [0.25, 0.3) is 10.9 Å². The van der Waals surface area contributed by atoms with E-state index >= 15 is 0 Å². The number of para-hydroxylation sites is 1. The molecule has 3 aromatic rings. The van der Waals surface area contributed by atoms with E-state index in [1.54, 1.807) is 70.3 Å². The maximum Gasteiger partial charge on any atom is 0.326 e. The molecule has 604 valence electrons. The van der Waals surface area contributed by atoms with E-state index in [1.807, 2.05) is 18.2 Å². The van der Waals surface area contributed by atoms with Gasteiger partial charge in [-0.25, -0.2) is 4.79 Å². The highest BCUT2D eigenvalue weighted by atomic mass is 16.4. The largest absolute Gasteiger partial charge is 0.480 e. The van der Waals surface area contributed by atoms with Gasteiger partial charge in [-0.3, -0.25) is 62.3 Å². The highest BCUT2D eigenvalue weighted by molar-refractivity contribution is 5.99. The molecule has 0 saturated carbocycles. The molecule has 0 radical (unpaired) electrons. The number of carboxylic acids is 1. The minimum absolute atomic E-state index is 0.00359. The molecule has 1 aliphatic rings. The van der Waals surface area contributed by atoms with E-state index in [2.05, 4.69) is 58.2 Å². The average molecular weight is 1530 g/mol. The van der Waals surface area contributed by atoms with E-state index in [0.29, 0.717) is 44.1 Å². The topological polar surface area (TPSA) is 528 Å². The third kappa shape index (κ3) is 32.8. The zero-order valence-electron chi connectivity index (χ0n) is 63.7. The van der Waals surface area contributed by atoms with Crippen molar-refractivity contribution in [2.24, 2.45) is 23.3 Å². The first-order valence-electron chi connectivity index (χ1n) is 37.9. The summed E-state index contributed by atoms with van der Waals surface area (Å²) >= 11 is 0. The van der Waals surface area contributed by atoms with Crippen molar-refractivity contribution in [3.63, 3.8) is 0 Å². The van der Waals surface area contributed by atoms with Gasteiger partial charge in [-0.05, 0) is 101 Å². The number of nitrogens with two attached hydrogens (primary N) is 2. The number of carbonyl (C=O) groups is 15. The lowest BCUT2D eigenvalue weighted by molar-refractivity contribution is -0.142. The SMILES string of the molecule is CC(C)C[C@H](NC(=O)[C@@H](NC(=O)[C@H](CO)NC(=O)CCCCCCCCCCCCCCC(=O)N1CCC[C@H]1C(=O)N[C@@H](CCC(N)=O)C(=O)N[C@@H](C)C(=O)N[C@H](C(=O)N[C@@H](CC(C)C)C(=O)N[C@@H](Cc1c[nH]c2ccccc12)C(=O)O)[C@@H](C)O)C(C)O)C(=O)N[C@@H](CC(N)=O)C(=O)N[C@H](C=O)Cc1ccccc1. The third-order valence-electron chi connectivity index (χ3n) is 18.7. The van der Waals surface area contributed by atoms with E-state index < -0.39 is 169 Å². The number of aromatic nitrogens is 1. The summed E-state index contributed by atoms with van der Waals surface area (Å²) in [7, 11) is 0. The Hall–Kier alpha value is -9.89. The second kappa shape index (κ2) is 47.8. The van der Waals surface area contributed by atoms with Crippen LogP contribution in [0, 0.1) is 11.8 Å². The molecule has 1 fully saturated rings. The maximum atomic E-state index is 13.8. The predicted molar refractivity (Wildman–Crippen MR) is 402 cm³/mol. The Balaban J connectivity index is 1.14. The second-order valence-electron chi connectivity index (χ2n) is 29.1. The number of amides is 13. The summed E-state index contributed by atoms with van der Waals surface area (Å²) in [4.78, 5) is 202. The molecule has 1 aromatic heterocycles. The monoisotopic (exact) mass is 1530 g/mol. The van der Waals surface area contributed by atoms with Crippen LogP contribution in [0.3, 0.4) is 0 Å². The molecule has 0 bridgehead atoms. The smallest absolute Gasteiger partial charge is 0.326 e. The summed E-state index contributed by atoms with van der Waals surface area (Å²) in [6.07, 6.45) is 9.24.